The normalized spacial score (nSPS) is 17.2. The Morgan fingerprint density at radius 1 is 1.10 bits per heavy atom. The van der Waals surface area contributed by atoms with Gasteiger partial charge in [0.2, 0.25) is 11.8 Å². The Kier molecular flexibility index (Phi) is 7.99. The number of hydrogen-bond acceptors (Lipinski definition) is 7. The van der Waals surface area contributed by atoms with Crippen molar-refractivity contribution < 1.29 is 14.3 Å². The van der Waals surface area contributed by atoms with Crippen molar-refractivity contribution in [2.24, 2.45) is 0 Å². The van der Waals surface area contributed by atoms with Crippen molar-refractivity contribution in [2.75, 3.05) is 48.4 Å². The highest BCUT2D eigenvalue weighted by Gasteiger charge is 2.33. The lowest BCUT2D eigenvalue weighted by Gasteiger charge is -2.30. The summed E-state index contributed by atoms with van der Waals surface area (Å²) in [6.45, 7) is 4.82. The standard InChI is InChI=1S/C30H40N8O3/c1-18(2)27-28(20-13-24(41-7)30-31-17-32-38(30)14-20)34-23-11-10-22(33-29(23)27)19-8-9-21(12-19)37(15-25(39)35(3)4)16-26(40)36(5)6/h10-11,13-14,17-19,21,34H,8-9,12,15-16H2,1-7H3. The molecule has 2 unspecified atom stereocenters. The number of carbonyl (C=O) groups excluding carboxylic acids is 2. The van der Waals surface area contributed by atoms with Gasteiger partial charge >= 0.3 is 0 Å². The molecular formula is C30H40N8O3. The van der Waals surface area contributed by atoms with Gasteiger partial charge in [0, 0.05) is 63.2 Å². The Bertz CT molecular complexity index is 1550. The third-order valence-corrected chi connectivity index (χ3v) is 8.14. The number of ether oxygens (including phenoxy) is 1. The van der Waals surface area contributed by atoms with E-state index in [2.05, 4.69) is 41.0 Å². The van der Waals surface area contributed by atoms with E-state index in [1.807, 2.05) is 17.2 Å². The van der Waals surface area contributed by atoms with Crippen LogP contribution in [0.25, 0.3) is 27.9 Å². The topological polar surface area (TPSA) is 112 Å². The molecule has 2 atom stereocenters. The van der Waals surface area contributed by atoms with Gasteiger partial charge < -0.3 is 19.5 Å². The largest absolute Gasteiger partial charge is 0.493 e. The number of nitrogens with zero attached hydrogens (tertiary/aromatic N) is 7. The van der Waals surface area contributed by atoms with E-state index < -0.39 is 0 Å². The Labute approximate surface area is 240 Å². The van der Waals surface area contributed by atoms with Gasteiger partial charge in [0.1, 0.15) is 6.33 Å². The molecule has 41 heavy (non-hydrogen) atoms. The van der Waals surface area contributed by atoms with Crippen LogP contribution in [0.5, 0.6) is 5.75 Å². The minimum absolute atomic E-state index is 0.00156. The van der Waals surface area contributed by atoms with E-state index in [9.17, 15) is 9.59 Å². The molecule has 4 heterocycles. The molecule has 2 amide bonds. The first-order valence-electron chi connectivity index (χ1n) is 14.1. The summed E-state index contributed by atoms with van der Waals surface area (Å²) in [5.41, 5.74) is 6.77. The van der Waals surface area contributed by atoms with Crippen LogP contribution >= 0.6 is 0 Å². The summed E-state index contributed by atoms with van der Waals surface area (Å²) in [7, 11) is 8.65. The van der Waals surface area contributed by atoms with Crippen LogP contribution in [0.3, 0.4) is 0 Å². The van der Waals surface area contributed by atoms with Crippen molar-refractivity contribution in [3.8, 4) is 17.0 Å². The summed E-state index contributed by atoms with van der Waals surface area (Å²) in [6.07, 6.45) is 6.21. The van der Waals surface area contributed by atoms with Gasteiger partial charge in [-0.1, -0.05) is 13.8 Å². The van der Waals surface area contributed by atoms with Crippen LogP contribution in [-0.4, -0.2) is 106 Å². The number of pyridine rings is 2. The third kappa shape index (κ3) is 5.63. The highest BCUT2D eigenvalue weighted by atomic mass is 16.5. The summed E-state index contributed by atoms with van der Waals surface area (Å²) < 4.78 is 7.34. The van der Waals surface area contributed by atoms with E-state index in [0.717, 1.165) is 52.8 Å². The molecule has 0 aliphatic heterocycles. The highest BCUT2D eigenvalue weighted by molar-refractivity contribution is 5.89. The van der Waals surface area contributed by atoms with Gasteiger partial charge in [-0.3, -0.25) is 19.5 Å². The molecule has 11 nitrogen and oxygen atoms in total. The molecule has 1 aliphatic carbocycles. The van der Waals surface area contributed by atoms with Crippen LogP contribution < -0.4 is 4.74 Å². The van der Waals surface area contributed by atoms with Crippen molar-refractivity contribution in [3.63, 3.8) is 0 Å². The quantitative estimate of drug-likeness (QED) is 0.333. The summed E-state index contributed by atoms with van der Waals surface area (Å²) in [5.74, 6) is 1.13. The summed E-state index contributed by atoms with van der Waals surface area (Å²) in [6, 6.07) is 6.36. The van der Waals surface area contributed by atoms with Crippen molar-refractivity contribution in [3.05, 3.63) is 42.0 Å². The molecule has 11 heteroatoms. The van der Waals surface area contributed by atoms with Gasteiger partial charge in [0.15, 0.2) is 11.4 Å². The number of aromatic amines is 1. The van der Waals surface area contributed by atoms with Crippen LogP contribution in [0.1, 0.15) is 56.2 Å². The lowest BCUT2D eigenvalue weighted by atomic mass is 9.97. The minimum Gasteiger partial charge on any atom is -0.493 e. The van der Waals surface area contributed by atoms with E-state index in [0.29, 0.717) is 11.4 Å². The molecule has 0 aromatic carbocycles. The van der Waals surface area contributed by atoms with E-state index in [1.165, 1.54) is 6.33 Å². The van der Waals surface area contributed by atoms with E-state index in [-0.39, 0.29) is 42.8 Å². The van der Waals surface area contributed by atoms with E-state index >= 15 is 0 Å². The number of likely N-dealkylation sites (N-methyl/N-ethyl adjacent to an activating group) is 2. The van der Waals surface area contributed by atoms with Crippen molar-refractivity contribution in [2.45, 2.75) is 51.0 Å². The predicted octanol–water partition coefficient (Wildman–Crippen LogP) is 3.52. The molecule has 4 aromatic rings. The zero-order valence-corrected chi connectivity index (χ0v) is 25.0. The average molecular weight is 561 g/mol. The molecule has 4 aromatic heterocycles. The number of rotatable bonds is 9. The van der Waals surface area contributed by atoms with Crippen molar-refractivity contribution in [1.29, 1.82) is 0 Å². The maximum atomic E-state index is 12.6. The molecule has 1 N–H and O–H groups in total. The summed E-state index contributed by atoms with van der Waals surface area (Å²) in [5, 5.41) is 4.33. The maximum Gasteiger partial charge on any atom is 0.236 e. The van der Waals surface area contributed by atoms with E-state index in [1.54, 1.807) is 49.6 Å². The number of H-pyrrole nitrogens is 1. The molecular weight excluding hydrogens is 520 g/mol. The summed E-state index contributed by atoms with van der Waals surface area (Å²) >= 11 is 0. The van der Waals surface area contributed by atoms with Crippen LogP contribution in [0.15, 0.2) is 30.7 Å². The fraction of sp³-hybridized carbons (Fsp3) is 0.500. The molecule has 0 saturated heterocycles. The Morgan fingerprint density at radius 2 is 1.80 bits per heavy atom. The highest BCUT2D eigenvalue weighted by Crippen LogP contribution is 2.40. The first-order chi connectivity index (χ1) is 19.6. The van der Waals surface area contributed by atoms with Crippen molar-refractivity contribution in [1.82, 2.24) is 39.3 Å². The Hall–Kier alpha value is -3.99. The van der Waals surface area contributed by atoms with Gasteiger partial charge in [0.05, 0.1) is 36.9 Å². The molecule has 1 fully saturated rings. The number of methoxy groups -OCH3 is 1. The number of nitrogens with one attached hydrogen (secondary N) is 1. The number of fused-ring (bicyclic) bond motifs is 2. The Morgan fingerprint density at radius 3 is 2.44 bits per heavy atom. The van der Waals surface area contributed by atoms with Gasteiger partial charge in [-0.2, -0.15) is 5.10 Å². The van der Waals surface area contributed by atoms with Crippen LogP contribution in [0, 0.1) is 0 Å². The second-order valence-electron chi connectivity index (χ2n) is 11.7. The number of carbonyl (C=O) groups is 2. The third-order valence-electron chi connectivity index (χ3n) is 8.14. The fourth-order valence-corrected chi connectivity index (χ4v) is 5.80. The smallest absolute Gasteiger partial charge is 0.236 e. The number of aromatic nitrogens is 5. The molecule has 0 bridgehead atoms. The monoisotopic (exact) mass is 560 g/mol. The van der Waals surface area contributed by atoms with Gasteiger partial charge in [-0.05, 0) is 43.4 Å². The van der Waals surface area contributed by atoms with Gasteiger partial charge in [-0.25, -0.2) is 9.50 Å². The van der Waals surface area contributed by atoms with E-state index in [4.69, 9.17) is 9.72 Å². The second kappa shape index (κ2) is 11.5. The van der Waals surface area contributed by atoms with Crippen LogP contribution in [0.4, 0.5) is 0 Å². The van der Waals surface area contributed by atoms with Crippen molar-refractivity contribution >= 4 is 28.5 Å². The average Bonchev–Trinajstić information content (AvgIpc) is 3.69. The van der Waals surface area contributed by atoms with Crippen LogP contribution in [-0.2, 0) is 9.59 Å². The fourth-order valence-electron chi connectivity index (χ4n) is 5.80. The van der Waals surface area contributed by atoms with Crippen LogP contribution in [0.2, 0.25) is 0 Å². The zero-order valence-electron chi connectivity index (χ0n) is 25.0. The molecule has 0 radical (unpaired) electrons. The molecule has 5 rings (SSSR count). The summed E-state index contributed by atoms with van der Waals surface area (Å²) in [4.78, 5) is 43.6. The lowest BCUT2D eigenvalue weighted by Crippen LogP contribution is -2.46. The second-order valence-corrected chi connectivity index (χ2v) is 11.7. The predicted molar refractivity (Wildman–Crippen MR) is 158 cm³/mol. The minimum atomic E-state index is 0.00156. The first-order valence-corrected chi connectivity index (χ1v) is 14.1. The molecule has 1 saturated carbocycles. The Balaban J connectivity index is 1.46. The van der Waals surface area contributed by atoms with Gasteiger partial charge in [0.25, 0.3) is 0 Å². The van der Waals surface area contributed by atoms with Gasteiger partial charge in [-0.15, -0.1) is 0 Å². The molecule has 0 spiro atoms. The first kappa shape index (κ1) is 28.5. The zero-order chi connectivity index (χ0) is 29.4. The molecule has 1 aliphatic rings. The number of amides is 2. The maximum absolute atomic E-state index is 12.6. The SMILES string of the molecule is COc1cc(-c2[nH]c3ccc(C4CCC(N(CC(=O)N(C)C)CC(=O)N(C)C)C4)nc3c2C(C)C)cn2ncnc12. The molecule has 218 valence electrons. The lowest BCUT2D eigenvalue weighted by molar-refractivity contribution is -0.134. The number of hydrogen-bond donors (Lipinski definition) is 1.